The molecule has 0 saturated heterocycles. The fourth-order valence-corrected chi connectivity index (χ4v) is 1.97. The van der Waals surface area contributed by atoms with Crippen LogP contribution >= 0.6 is 0 Å². The summed E-state index contributed by atoms with van der Waals surface area (Å²) < 4.78 is 0. The number of carbonyl (C=O) groups is 1. The molecule has 0 fully saturated rings. The molecule has 19 heavy (non-hydrogen) atoms. The van der Waals surface area contributed by atoms with Crippen molar-refractivity contribution in [2.75, 3.05) is 6.54 Å². The fourth-order valence-electron chi connectivity index (χ4n) is 1.97. The lowest BCUT2D eigenvalue weighted by molar-refractivity contribution is 0.0952. The SMILES string of the molecule is Cc1ccc(C)c(C(=O)NCCCc2ncc[nH]2)c1. The van der Waals surface area contributed by atoms with E-state index in [-0.39, 0.29) is 5.91 Å². The van der Waals surface area contributed by atoms with Crippen molar-refractivity contribution in [3.05, 3.63) is 53.1 Å². The van der Waals surface area contributed by atoms with Gasteiger partial charge >= 0.3 is 0 Å². The lowest BCUT2D eigenvalue weighted by Gasteiger charge is -2.08. The summed E-state index contributed by atoms with van der Waals surface area (Å²) in [7, 11) is 0. The van der Waals surface area contributed by atoms with Crippen LogP contribution in [0.15, 0.2) is 30.6 Å². The molecule has 100 valence electrons. The number of nitrogens with one attached hydrogen (secondary N) is 2. The van der Waals surface area contributed by atoms with Crippen LogP contribution < -0.4 is 5.32 Å². The maximum Gasteiger partial charge on any atom is 0.251 e. The van der Waals surface area contributed by atoms with Gasteiger partial charge in [0.1, 0.15) is 5.82 Å². The van der Waals surface area contributed by atoms with Crippen LogP contribution in [-0.4, -0.2) is 22.4 Å². The van der Waals surface area contributed by atoms with E-state index in [0.29, 0.717) is 6.54 Å². The number of H-pyrrole nitrogens is 1. The molecule has 0 aliphatic carbocycles. The summed E-state index contributed by atoms with van der Waals surface area (Å²) in [5.74, 6) is 0.960. The number of carbonyl (C=O) groups excluding carboxylic acids is 1. The molecule has 4 heteroatoms. The number of aromatic nitrogens is 2. The van der Waals surface area contributed by atoms with E-state index >= 15 is 0 Å². The zero-order chi connectivity index (χ0) is 13.7. The van der Waals surface area contributed by atoms with Crippen molar-refractivity contribution >= 4 is 5.91 Å². The maximum absolute atomic E-state index is 12.0. The maximum atomic E-state index is 12.0. The molecule has 0 unspecified atom stereocenters. The minimum absolute atomic E-state index is 0.000597. The van der Waals surface area contributed by atoms with Crippen molar-refractivity contribution in [3.63, 3.8) is 0 Å². The van der Waals surface area contributed by atoms with E-state index < -0.39 is 0 Å². The zero-order valence-corrected chi connectivity index (χ0v) is 11.4. The third-order valence-electron chi connectivity index (χ3n) is 3.07. The Labute approximate surface area is 113 Å². The Bertz CT molecular complexity index is 547. The van der Waals surface area contributed by atoms with E-state index in [0.717, 1.165) is 35.4 Å². The van der Waals surface area contributed by atoms with E-state index in [1.165, 1.54) is 0 Å². The lowest BCUT2D eigenvalue weighted by atomic mass is 10.1. The van der Waals surface area contributed by atoms with Gasteiger partial charge in [0.2, 0.25) is 0 Å². The molecule has 2 N–H and O–H groups in total. The average Bonchev–Trinajstić information content (AvgIpc) is 2.90. The number of hydrogen-bond acceptors (Lipinski definition) is 2. The molecule has 1 aromatic carbocycles. The molecule has 0 aliphatic rings. The van der Waals surface area contributed by atoms with Crippen molar-refractivity contribution in [2.24, 2.45) is 0 Å². The molecule has 0 aliphatic heterocycles. The topological polar surface area (TPSA) is 57.8 Å². The normalized spacial score (nSPS) is 10.4. The molecule has 2 rings (SSSR count). The highest BCUT2D eigenvalue weighted by Gasteiger charge is 2.08. The summed E-state index contributed by atoms with van der Waals surface area (Å²) in [6.07, 6.45) is 5.28. The van der Waals surface area contributed by atoms with Gasteiger partial charge < -0.3 is 10.3 Å². The van der Waals surface area contributed by atoms with Crippen molar-refractivity contribution in [1.82, 2.24) is 15.3 Å². The predicted molar refractivity (Wildman–Crippen MR) is 75.2 cm³/mol. The van der Waals surface area contributed by atoms with Gasteiger partial charge in [-0.2, -0.15) is 0 Å². The first-order chi connectivity index (χ1) is 9.16. The van der Waals surface area contributed by atoms with Gasteiger partial charge in [0, 0.05) is 30.9 Å². The lowest BCUT2D eigenvalue weighted by Crippen LogP contribution is -2.25. The highest BCUT2D eigenvalue weighted by atomic mass is 16.1. The monoisotopic (exact) mass is 257 g/mol. The Balaban J connectivity index is 1.82. The fraction of sp³-hybridized carbons (Fsp3) is 0.333. The van der Waals surface area contributed by atoms with Crippen molar-refractivity contribution in [2.45, 2.75) is 26.7 Å². The quantitative estimate of drug-likeness (QED) is 0.808. The number of imidazole rings is 1. The zero-order valence-electron chi connectivity index (χ0n) is 11.4. The molecule has 4 nitrogen and oxygen atoms in total. The minimum atomic E-state index is 0.000597. The smallest absolute Gasteiger partial charge is 0.251 e. The minimum Gasteiger partial charge on any atom is -0.352 e. The van der Waals surface area contributed by atoms with Crippen LogP contribution in [0.2, 0.25) is 0 Å². The standard InChI is InChI=1S/C15H19N3O/c1-11-5-6-12(2)13(10-11)15(19)18-7-3-4-14-16-8-9-17-14/h5-6,8-10H,3-4,7H2,1-2H3,(H,16,17)(H,18,19). The molecule has 0 atom stereocenters. The third kappa shape index (κ3) is 3.68. The Morgan fingerprint density at radius 2 is 2.21 bits per heavy atom. The highest BCUT2D eigenvalue weighted by Crippen LogP contribution is 2.10. The van der Waals surface area contributed by atoms with Gasteiger partial charge in [-0.25, -0.2) is 4.98 Å². The molecule has 0 radical (unpaired) electrons. The first-order valence-corrected chi connectivity index (χ1v) is 6.50. The Hall–Kier alpha value is -2.10. The second kappa shape index (κ2) is 6.18. The van der Waals surface area contributed by atoms with Crippen LogP contribution in [0.5, 0.6) is 0 Å². The number of nitrogens with zero attached hydrogens (tertiary/aromatic N) is 1. The van der Waals surface area contributed by atoms with E-state index in [1.54, 1.807) is 6.20 Å². The largest absolute Gasteiger partial charge is 0.352 e. The van der Waals surface area contributed by atoms with Crippen LogP contribution in [0.3, 0.4) is 0 Å². The van der Waals surface area contributed by atoms with Gasteiger partial charge in [0.05, 0.1) is 0 Å². The Morgan fingerprint density at radius 1 is 1.37 bits per heavy atom. The first-order valence-electron chi connectivity index (χ1n) is 6.50. The summed E-state index contributed by atoms with van der Waals surface area (Å²) in [4.78, 5) is 19.2. The number of rotatable bonds is 5. The van der Waals surface area contributed by atoms with Gasteiger partial charge in [-0.3, -0.25) is 4.79 Å². The van der Waals surface area contributed by atoms with E-state index in [1.807, 2.05) is 38.2 Å². The second-order valence-electron chi connectivity index (χ2n) is 4.71. The molecule has 1 aromatic heterocycles. The summed E-state index contributed by atoms with van der Waals surface area (Å²) >= 11 is 0. The number of amides is 1. The Morgan fingerprint density at radius 3 is 2.95 bits per heavy atom. The van der Waals surface area contributed by atoms with Gasteiger partial charge in [-0.15, -0.1) is 0 Å². The van der Waals surface area contributed by atoms with E-state index in [9.17, 15) is 4.79 Å². The highest BCUT2D eigenvalue weighted by molar-refractivity contribution is 5.95. The van der Waals surface area contributed by atoms with Crippen molar-refractivity contribution in [1.29, 1.82) is 0 Å². The molecular weight excluding hydrogens is 238 g/mol. The number of benzene rings is 1. The second-order valence-corrected chi connectivity index (χ2v) is 4.71. The van der Waals surface area contributed by atoms with Crippen LogP contribution in [0.1, 0.15) is 33.7 Å². The molecule has 0 spiro atoms. The van der Waals surface area contributed by atoms with Crippen molar-refractivity contribution in [3.8, 4) is 0 Å². The summed E-state index contributed by atoms with van der Waals surface area (Å²) in [6, 6.07) is 5.92. The molecule has 0 saturated carbocycles. The molecule has 1 amide bonds. The summed E-state index contributed by atoms with van der Waals surface area (Å²) in [6.45, 7) is 4.61. The molecule has 2 aromatic rings. The predicted octanol–water partition coefficient (Wildman–Crippen LogP) is 2.39. The van der Waals surface area contributed by atoms with Crippen LogP contribution in [0, 0.1) is 13.8 Å². The van der Waals surface area contributed by atoms with Gasteiger partial charge in [-0.1, -0.05) is 17.7 Å². The number of hydrogen-bond donors (Lipinski definition) is 2. The molecule has 1 heterocycles. The summed E-state index contributed by atoms with van der Waals surface area (Å²) in [5.41, 5.74) is 2.87. The molecule has 0 bridgehead atoms. The van der Waals surface area contributed by atoms with E-state index in [4.69, 9.17) is 0 Å². The van der Waals surface area contributed by atoms with Crippen LogP contribution in [0.25, 0.3) is 0 Å². The van der Waals surface area contributed by atoms with Gasteiger partial charge in [0.25, 0.3) is 5.91 Å². The average molecular weight is 257 g/mol. The summed E-state index contributed by atoms with van der Waals surface area (Å²) in [5, 5.41) is 2.95. The van der Waals surface area contributed by atoms with Crippen LogP contribution in [-0.2, 0) is 6.42 Å². The van der Waals surface area contributed by atoms with E-state index in [2.05, 4.69) is 15.3 Å². The first kappa shape index (κ1) is 13.3. The van der Waals surface area contributed by atoms with Gasteiger partial charge in [-0.05, 0) is 31.9 Å². The molecular formula is C15H19N3O. The van der Waals surface area contributed by atoms with Gasteiger partial charge in [0.15, 0.2) is 0 Å². The Kier molecular flexibility index (Phi) is 4.34. The number of aryl methyl sites for hydroxylation is 3. The number of aromatic amines is 1. The van der Waals surface area contributed by atoms with Crippen LogP contribution in [0.4, 0.5) is 0 Å². The third-order valence-corrected chi connectivity index (χ3v) is 3.07. The van der Waals surface area contributed by atoms with Crippen molar-refractivity contribution < 1.29 is 4.79 Å².